The number of hydrogen-bond acceptors (Lipinski definition) is 3. The SMILES string of the molecule is CC.CCC(c1ccc(OCC(=O)OC(CC)(CC)C2CCCCC2)cc1)C(C)(C)C. The Labute approximate surface area is 192 Å². The van der Waals surface area contributed by atoms with E-state index in [9.17, 15) is 4.79 Å². The van der Waals surface area contributed by atoms with Gasteiger partial charge < -0.3 is 9.47 Å². The smallest absolute Gasteiger partial charge is 0.344 e. The summed E-state index contributed by atoms with van der Waals surface area (Å²) in [4.78, 5) is 12.6. The van der Waals surface area contributed by atoms with Crippen LogP contribution in [0.3, 0.4) is 0 Å². The van der Waals surface area contributed by atoms with Crippen LogP contribution in [-0.2, 0) is 9.53 Å². The monoisotopic (exact) mass is 432 g/mol. The predicted octanol–water partition coefficient (Wildman–Crippen LogP) is 8.31. The number of rotatable bonds is 9. The van der Waals surface area contributed by atoms with E-state index in [1.54, 1.807) is 0 Å². The highest BCUT2D eigenvalue weighted by Gasteiger charge is 2.39. The van der Waals surface area contributed by atoms with Gasteiger partial charge >= 0.3 is 5.97 Å². The number of hydrogen-bond donors (Lipinski definition) is 0. The van der Waals surface area contributed by atoms with Crippen molar-refractivity contribution in [2.75, 3.05) is 6.61 Å². The first kappa shape index (κ1) is 27.5. The van der Waals surface area contributed by atoms with E-state index in [0.29, 0.717) is 11.8 Å². The zero-order valence-corrected chi connectivity index (χ0v) is 21.6. The van der Waals surface area contributed by atoms with Gasteiger partial charge in [0.25, 0.3) is 0 Å². The summed E-state index contributed by atoms with van der Waals surface area (Å²) in [6, 6.07) is 8.21. The number of benzene rings is 1. The van der Waals surface area contributed by atoms with E-state index in [1.165, 1.54) is 37.7 Å². The molecule has 1 atom stereocenters. The Morgan fingerprint density at radius 3 is 1.97 bits per heavy atom. The van der Waals surface area contributed by atoms with Crippen molar-refractivity contribution in [3.8, 4) is 5.75 Å². The molecular formula is C28H48O3. The zero-order valence-electron chi connectivity index (χ0n) is 21.6. The van der Waals surface area contributed by atoms with Crippen LogP contribution in [0.5, 0.6) is 5.75 Å². The van der Waals surface area contributed by atoms with Gasteiger partial charge in [-0.25, -0.2) is 4.79 Å². The van der Waals surface area contributed by atoms with Crippen molar-refractivity contribution in [3.05, 3.63) is 29.8 Å². The Morgan fingerprint density at radius 1 is 0.968 bits per heavy atom. The molecule has 0 spiro atoms. The number of ether oxygens (including phenoxy) is 2. The molecule has 0 amide bonds. The van der Waals surface area contributed by atoms with E-state index in [-0.39, 0.29) is 23.6 Å². The van der Waals surface area contributed by atoms with Gasteiger partial charge in [0, 0.05) is 0 Å². The zero-order chi connectivity index (χ0) is 23.5. The predicted molar refractivity (Wildman–Crippen MR) is 132 cm³/mol. The van der Waals surface area contributed by atoms with Crippen LogP contribution in [-0.4, -0.2) is 18.2 Å². The first-order valence-electron chi connectivity index (χ1n) is 12.7. The van der Waals surface area contributed by atoms with Crippen molar-refractivity contribution < 1.29 is 14.3 Å². The second-order valence-corrected chi connectivity index (χ2v) is 9.77. The van der Waals surface area contributed by atoms with Gasteiger partial charge in [-0.05, 0) is 67.1 Å². The summed E-state index contributed by atoms with van der Waals surface area (Å²) in [6.07, 6.45) is 9.00. The quantitative estimate of drug-likeness (QED) is 0.368. The second kappa shape index (κ2) is 13.1. The molecule has 1 unspecified atom stereocenters. The molecule has 0 N–H and O–H groups in total. The maximum absolute atomic E-state index is 12.6. The Hall–Kier alpha value is -1.51. The second-order valence-electron chi connectivity index (χ2n) is 9.77. The molecule has 0 bridgehead atoms. The average Bonchev–Trinajstić information content (AvgIpc) is 2.78. The van der Waals surface area contributed by atoms with Gasteiger partial charge in [-0.2, -0.15) is 0 Å². The van der Waals surface area contributed by atoms with Gasteiger partial charge in [0.05, 0.1) is 0 Å². The summed E-state index contributed by atoms with van der Waals surface area (Å²) in [5.74, 6) is 1.47. The molecule has 178 valence electrons. The van der Waals surface area contributed by atoms with Crippen LogP contribution >= 0.6 is 0 Å². The molecule has 0 saturated heterocycles. The van der Waals surface area contributed by atoms with Crippen molar-refractivity contribution in [1.82, 2.24) is 0 Å². The Kier molecular flexibility index (Phi) is 11.7. The van der Waals surface area contributed by atoms with Crippen molar-refractivity contribution >= 4 is 5.97 Å². The maximum atomic E-state index is 12.6. The fourth-order valence-corrected chi connectivity index (χ4v) is 5.23. The van der Waals surface area contributed by atoms with Gasteiger partial charge in [0.2, 0.25) is 0 Å². The van der Waals surface area contributed by atoms with Crippen molar-refractivity contribution in [2.24, 2.45) is 11.3 Å². The molecule has 1 aliphatic carbocycles. The van der Waals surface area contributed by atoms with Gasteiger partial charge in [-0.1, -0.05) is 86.8 Å². The van der Waals surface area contributed by atoms with Crippen molar-refractivity contribution in [2.45, 2.75) is 118 Å². The molecule has 1 aromatic rings. The molecule has 0 heterocycles. The molecule has 0 radical (unpaired) electrons. The molecular weight excluding hydrogens is 384 g/mol. The van der Waals surface area contributed by atoms with Crippen LogP contribution in [0.2, 0.25) is 0 Å². The molecule has 31 heavy (non-hydrogen) atoms. The summed E-state index contributed by atoms with van der Waals surface area (Å²) in [7, 11) is 0. The van der Waals surface area contributed by atoms with Gasteiger partial charge in [0.1, 0.15) is 11.4 Å². The molecule has 3 heteroatoms. The minimum Gasteiger partial charge on any atom is -0.482 e. The van der Waals surface area contributed by atoms with Crippen LogP contribution in [0.25, 0.3) is 0 Å². The third-order valence-electron chi connectivity index (χ3n) is 6.96. The fourth-order valence-electron chi connectivity index (χ4n) is 5.23. The highest BCUT2D eigenvalue weighted by molar-refractivity contribution is 5.71. The average molecular weight is 433 g/mol. The summed E-state index contributed by atoms with van der Waals surface area (Å²) < 4.78 is 11.8. The molecule has 2 rings (SSSR count). The van der Waals surface area contributed by atoms with E-state index < -0.39 is 0 Å². The lowest BCUT2D eigenvalue weighted by molar-refractivity contribution is -0.172. The van der Waals surface area contributed by atoms with Crippen LogP contribution in [0.4, 0.5) is 0 Å². The van der Waals surface area contributed by atoms with Crippen LogP contribution in [0.1, 0.15) is 118 Å². The lowest BCUT2D eigenvalue weighted by Gasteiger charge is -2.41. The van der Waals surface area contributed by atoms with Gasteiger partial charge in [-0.15, -0.1) is 0 Å². The molecule has 1 aromatic carbocycles. The molecule has 1 saturated carbocycles. The van der Waals surface area contributed by atoms with Gasteiger partial charge in [-0.3, -0.25) is 0 Å². The summed E-state index contributed by atoms with van der Waals surface area (Å²) >= 11 is 0. The molecule has 0 aromatic heterocycles. The Bertz CT molecular complexity index is 617. The molecule has 0 aliphatic heterocycles. The minimum atomic E-state index is -0.328. The highest BCUT2D eigenvalue weighted by atomic mass is 16.6. The first-order valence-corrected chi connectivity index (χ1v) is 12.7. The largest absolute Gasteiger partial charge is 0.482 e. The van der Waals surface area contributed by atoms with Crippen LogP contribution < -0.4 is 4.74 Å². The maximum Gasteiger partial charge on any atom is 0.344 e. The number of esters is 1. The molecule has 3 nitrogen and oxygen atoms in total. The van der Waals surface area contributed by atoms with E-state index in [1.807, 2.05) is 26.0 Å². The fraction of sp³-hybridized carbons (Fsp3) is 0.750. The Morgan fingerprint density at radius 2 is 1.52 bits per heavy atom. The molecule has 1 fully saturated rings. The molecule has 1 aliphatic rings. The van der Waals surface area contributed by atoms with E-state index in [4.69, 9.17) is 9.47 Å². The van der Waals surface area contributed by atoms with E-state index >= 15 is 0 Å². The van der Waals surface area contributed by atoms with Crippen molar-refractivity contribution in [3.63, 3.8) is 0 Å². The van der Waals surface area contributed by atoms with E-state index in [0.717, 1.165) is 25.0 Å². The highest BCUT2D eigenvalue weighted by Crippen LogP contribution is 2.40. The minimum absolute atomic E-state index is 0.0235. The summed E-state index contributed by atoms with van der Waals surface area (Å²) in [6.45, 7) is 17.3. The standard InChI is InChI=1S/C26H42O3.C2H6/c1-7-23(25(4,5)6)20-15-17-22(18-16-20)28-19-24(27)29-26(8-2,9-3)21-13-11-10-12-14-21;1-2/h15-18,21,23H,7-14,19H2,1-6H3;1-2H3. The summed E-state index contributed by atoms with van der Waals surface area (Å²) in [5, 5.41) is 0. The lowest BCUT2D eigenvalue weighted by Crippen LogP contribution is -2.43. The lowest BCUT2D eigenvalue weighted by atomic mass is 9.74. The number of carbonyl (C=O) groups excluding carboxylic acids is 1. The van der Waals surface area contributed by atoms with Gasteiger partial charge in [0.15, 0.2) is 6.61 Å². The third kappa shape index (κ3) is 7.84. The van der Waals surface area contributed by atoms with Crippen LogP contribution in [0, 0.1) is 11.3 Å². The first-order chi connectivity index (χ1) is 14.8. The Balaban J connectivity index is 0.00000233. The normalized spacial score (nSPS) is 16.1. The number of carbonyl (C=O) groups is 1. The topological polar surface area (TPSA) is 35.5 Å². The van der Waals surface area contributed by atoms with Crippen LogP contribution in [0.15, 0.2) is 24.3 Å². The van der Waals surface area contributed by atoms with E-state index in [2.05, 4.69) is 53.7 Å². The third-order valence-corrected chi connectivity index (χ3v) is 6.96. The van der Waals surface area contributed by atoms with Crippen molar-refractivity contribution in [1.29, 1.82) is 0 Å². The summed E-state index contributed by atoms with van der Waals surface area (Å²) in [5.41, 5.74) is 1.22.